The molecule has 0 aliphatic heterocycles. The molecule has 1 aromatic carbocycles. The summed E-state index contributed by atoms with van der Waals surface area (Å²) >= 11 is 0. The van der Waals surface area contributed by atoms with E-state index in [1.54, 1.807) is 0 Å². The highest BCUT2D eigenvalue weighted by Gasteiger charge is 2.26. The lowest BCUT2D eigenvalue weighted by molar-refractivity contribution is -0.154. The molecular formula is C11H9FO6. The minimum Gasteiger partial charge on any atom is -0.481 e. The van der Waals surface area contributed by atoms with Gasteiger partial charge in [-0.25, -0.2) is 9.18 Å². The summed E-state index contributed by atoms with van der Waals surface area (Å²) in [5, 5.41) is 25.9. The van der Waals surface area contributed by atoms with Gasteiger partial charge in [0, 0.05) is 0 Å². The monoisotopic (exact) mass is 256 g/mol. The molecule has 0 heterocycles. The molecule has 0 saturated carbocycles. The standard InChI is InChI=1S/C11H9FO6/c12-8-4-5(1-2-6(8)9(13)14)3-7(10(15)16)11(17)18/h1-2,4,7H,3H2,(H,13,14)(H,15,16)(H,17,18). The van der Waals surface area contributed by atoms with Crippen LogP contribution in [0.15, 0.2) is 18.2 Å². The van der Waals surface area contributed by atoms with Crippen LogP contribution in [-0.2, 0) is 16.0 Å². The van der Waals surface area contributed by atoms with Crippen LogP contribution in [0.1, 0.15) is 15.9 Å². The number of hydrogen-bond donors (Lipinski definition) is 3. The van der Waals surface area contributed by atoms with Crippen molar-refractivity contribution < 1.29 is 34.1 Å². The van der Waals surface area contributed by atoms with Gasteiger partial charge in [-0.3, -0.25) is 9.59 Å². The van der Waals surface area contributed by atoms with Gasteiger partial charge >= 0.3 is 17.9 Å². The molecule has 7 heteroatoms. The maximum absolute atomic E-state index is 13.3. The number of carboxylic acid groups (broad SMARTS) is 3. The number of halogens is 1. The first-order valence-electron chi connectivity index (χ1n) is 4.80. The zero-order valence-corrected chi connectivity index (χ0v) is 8.96. The second-order valence-corrected chi connectivity index (χ2v) is 3.55. The lowest BCUT2D eigenvalue weighted by Gasteiger charge is -2.08. The largest absolute Gasteiger partial charge is 0.481 e. The Balaban J connectivity index is 2.99. The van der Waals surface area contributed by atoms with Crippen molar-refractivity contribution >= 4 is 17.9 Å². The maximum atomic E-state index is 13.3. The van der Waals surface area contributed by atoms with Gasteiger partial charge in [-0.15, -0.1) is 0 Å². The molecule has 0 aliphatic rings. The molecule has 0 aliphatic carbocycles. The Morgan fingerprint density at radius 2 is 1.67 bits per heavy atom. The molecule has 0 amide bonds. The summed E-state index contributed by atoms with van der Waals surface area (Å²) in [7, 11) is 0. The van der Waals surface area contributed by atoms with Crippen LogP contribution >= 0.6 is 0 Å². The molecule has 0 aromatic heterocycles. The van der Waals surface area contributed by atoms with Crippen molar-refractivity contribution in [1.29, 1.82) is 0 Å². The van der Waals surface area contributed by atoms with Crippen LogP contribution in [0.5, 0.6) is 0 Å². The van der Waals surface area contributed by atoms with Gasteiger partial charge in [-0.2, -0.15) is 0 Å². The highest BCUT2D eigenvalue weighted by Crippen LogP contribution is 2.15. The van der Waals surface area contributed by atoms with E-state index in [9.17, 15) is 18.8 Å². The lowest BCUT2D eigenvalue weighted by atomic mass is 9.98. The van der Waals surface area contributed by atoms with Gasteiger partial charge in [0.05, 0.1) is 5.56 Å². The molecule has 18 heavy (non-hydrogen) atoms. The molecule has 0 radical (unpaired) electrons. The molecule has 1 rings (SSSR count). The van der Waals surface area contributed by atoms with Crippen molar-refractivity contribution in [2.45, 2.75) is 6.42 Å². The van der Waals surface area contributed by atoms with E-state index in [2.05, 4.69) is 0 Å². The third-order valence-electron chi connectivity index (χ3n) is 2.30. The lowest BCUT2D eigenvalue weighted by Crippen LogP contribution is -2.25. The van der Waals surface area contributed by atoms with Crippen molar-refractivity contribution in [2.24, 2.45) is 5.92 Å². The Morgan fingerprint density at radius 1 is 1.11 bits per heavy atom. The predicted molar refractivity (Wildman–Crippen MR) is 55.8 cm³/mol. The molecule has 0 saturated heterocycles. The smallest absolute Gasteiger partial charge is 0.338 e. The highest BCUT2D eigenvalue weighted by atomic mass is 19.1. The van der Waals surface area contributed by atoms with Crippen LogP contribution in [0.25, 0.3) is 0 Å². The molecule has 0 atom stereocenters. The van der Waals surface area contributed by atoms with Crippen molar-refractivity contribution in [1.82, 2.24) is 0 Å². The molecule has 0 fully saturated rings. The Hall–Kier alpha value is -2.44. The van der Waals surface area contributed by atoms with Crippen LogP contribution < -0.4 is 0 Å². The number of hydrogen-bond acceptors (Lipinski definition) is 3. The highest BCUT2D eigenvalue weighted by molar-refractivity contribution is 5.93. The Morgan fingerprint density at radius 3 is 2.06 bits per heavy atom. The zero-order chi connectivity index (χ0) is 13.9. The Labute approximate surface area is 100 Å². The molecule has 0 spiro atoms. The molecular weight excluding hydrogens is 247 g/mol. The number of carbonyl (C=O) groups is 3. The van der Waals surface area contributed by atoms with Gasteiger partial charge in [0.15, 0.2) is 5.92 Å². The summed E-state index contributed by atoms with van der Waals surface area (Å²) in [5.41, 5.74) is -0.451. The first-order chi connectivity index (χ1) is 8.32. The average Bonchev–Trinajstić information content (AvgIpc) is 2.24. The van der Waals surface area contributed by atoms with Crippen molar-refractivity contribution in [3.8, 4) is 0 Å². The molecule has 6 nitrogen and oxygen atoms in total. The number of aliphatic carboxylic acids is 2. The van der Waals surface area contributed by atoms with E-state index in [0.29, 0.717) is 0 Å². The molecule has 96 valence electrons. The fourth-order valence-electron chi connectivity index (χ4n) is 1.37. The van der Waals surface area contributed by atoms with Gasteiger partial charge in [-0.05, 0) is 24.1 Å². The summed E-state index contributed by atoms with van der Waals surface area (Å²) < 4.78 is 13.3. The second kappa shape index (κ2) is 5.26. The van der Waals surface area contributed by atoms with Crippen molar-refractivity contribution in [3.63, 3.8) is 0 Å². The normalized spacial score (nSPS) is 10.3. The van der Waals surface area contributed by atoms with Crippen LogP contribution in [-0.4, -0.2) is 33.2 Å². The first-order valence-corrected chi connectivity index (χ1v) is 4.80. The van der Waals surface area contributed by atoms with E-state index in [-0.39, 0.29) is 5.56 Å². The summed E-state index contributed by atoms with van der Waals surface area (Å²) in [6, 6.07) is 2.97. The van der Waals surface area contributed by atoms with E-state index in [1.165, 1.54) is 6.07 Å². The average molecular weight is 256 g/mol. The van der Waals surface area contributed by atoms with Crippen LogP contribution in [0.4, 0.5) is 4.39 Å². The topological polar surface area (TPSA) is 112 Å². The van der Waals surface area contributed by atoms with Gasteiger partial charge < -0.3 is 15.3 Å². The summed E-state index contributed by atoms with van der Waals surface area (Å²) in [6.07, 6.45) is -0.415. The van der Waals surface area contributed by atoms with Crippen molar-refractivity contribution in [2.75, 3.05) is 0 Å². The first kappa shape index (κ1) is 13.6. The van der Waals surface area contributed by atoms with E-state index in [0.717, 1.165) is 12.1 Å². The van der Waals surface area contributed by atoms with E-state index < -0.39 is 41.6 Å². The van der Waals surface area contributed by atoms with E-state index >= 15 is 0 Å². The molecule has 3 N–H and O–H groups in total. The molecule has 0 bridgehead atoms. The number of carboxylic acids is 3. The quantitative estimate of drug-likeness (QED) is 0.673. The van der Waals surface area contributed by atoms with Gasteiger partial charge in [0.2, 0.25) is 0 Å². The molecule has 1 aromatic rings. The van der Waals surface area contributed by atoms with Crippen molar-refractivity contribution in [3.05, 3.63) is 35.1 Å². The fourth-order valence-corrected chi connectivity index (χ4v) is 1.37. The third-order valence-corrected chi connectivity index (χ3v) is 2.30. The zero-order valence-electron chi connectivity index (χ0n) is 8.96. The Kier molecular flexibility index (Phi) is 3.98. The summed E-state index contributed by atoms with van der Waals surface area (Å²) in [4.78, 5) is 31.8. The van der Waals surface area contributed by atoms with Crippen LogP contribution in [0.3, 0.4) is 0 Å². The second-order valence-electron chi connectivity index (χ2n) is 3.55. The van der Waals surface area contributed by atoms with Gasteiger partial charge in [0.25, 0.3) is 0 Å². The fraction of sp³-hybridized carbons (Fsp3) is 0.182. The maximum Gasteiger partial charge on any atom is 0.338 e. The van der Waals surface area contributed by atoms with E-state index in [1.807, 2.05) is 0 Å². The number of benzene rings is 1. The van der Waals surface area contributed by atoms with Gasteiger partial charge in [-0.1, -0.05) is 6.07 Å². The Bertz CT molecular complexity index is 496. The van der Waals surface area contributed by atoms with Crippen LogP contribution in [0.2, 0.25) is 0 Å². The van der Waals surface area contributed by atoms with Gasteiger partial charge in [0.1, 0.15) is 5.82 Å². The predicted octanol–water partition coefficient (Wildman–Crippen LogP) is 0.852. The number of aromatic carboxylic acids is 1. The summed E-state index contributed by atoms with van der Waals surface area (Å²) in [5.74, 6) is -7.25. The SMILES string of the molecule is O=C(O)c1ccc(CC(C(=O)O)C(=O)O)cc1F. The van der Waals surface area contributed by atoms with Crippen LogP contribution in [0, 0.1) is 11.7 Å². The number of rotatable bonds is 5. The third kappa shape index (κ3) is 3.03. The van der Waals surface area contributed by atoms with E-state index in [4.69, 9.17) is 15.3 Å². The summed E-state index contributed by atoms with van der Waals surface area (Å²) in [6.45, 7) is 0. The molecule has 0 unspecified atom stereocenters. The minimum absolute atomic E-state index is 0.104. The minimum atomic E-state index is -1.69.